The fourth-order valence-corrected chi connectivity index (χ4v) is 5.20. The van der Waals surface area contributed by atoms with Gasteiger partial charge in [-0.15, -0.1) is 21.5 Å². The van der Waals surface area contributed by atoms with E-state index in [4.69, 9.17) is 0 Å². The molecular weight excluding hydrogens is 495 g/mol. The molecule has 36 heavy (non-hydrogen) atoms. The monoisotopic (exact) mass is 516 g/mol. The van der Waals surface area contributed by atoms with E-state index in [1.165, 1.54) is 40.8 Å². The molecule has 3 aromatic heterocycles. The molecule has 2 aromatic carbocycles. The number of pyridine rings is 1. The van der Waals surface area contributed by atoms with Crippen molar-refractivity contribution in [2.24, 2.45) is 0 Å². The van der Waals surface area contributed by atoms with Crippen molar-refractivity contribution in [1.29, 1.82) is 0 Å². The molecule has 0 unspecified atom stereocenters. The topological polar surface area (TPSA) is 85.6 Å². The Hall–Kier alpha value is -3.89. The van der Waals surface area contributed by atoms with Gasteiger partial charge in [-0.05, 0) is 48.9 Å². The van der Waals surface area contributed by atoms with Crippen molar-refractivity contribution in [3.63, 3.8) is 0 Å². The van der Waals surface area contributed by atoms with Gasteiger partial charge >= 0.3 is 0 Å². The van der Waals surface area contributed by atoms with Crippen LogP contribution in [0.25, 0.3) is 17.1 Å². The zero-order valence-electron chi connectivity index (χ0n) is 19.3. The summed E-state index contributed by atoms with van der Waals surface area (Å²) in [6.07, 6.45) is 3.46. The SMILES string of the molecule is Cc1ccc(-n2c(SCc3nc(C(=O)NCc4ccc(F)cc4)cs3)nnc2-c2ccncc2)cc1. The number of aromatic nitrogens is 5. The number of aryl methyl sites for hydroxylation is 1. The molecule has 7 nitrogen and oxygen atoms in total. The van der Waals surface area contributed by atoms with Crippen LogP contribution in [0.1, 0.15) is 26.6 Å². The maximum Gasteiger partial charge on any atom is 0.271 e. The lowest BCUT2D eigenvalue weighted by Crippen LogP contribution is -2.23. The van der Waals surface area contributed by atoms with E-state index in [1.807, 2.05) is 35.8 Å². The second kappa shape index (κ2) is 10.8. The lowest BCUT2D eigenvalue weighted by atomic mass is 10.2. The number of nitrogens with zero attached hydrogens (tertiary/aromatic N) is 5. The molecule has 180 valence electrons. The summed E-state index contributed by atoms with van der Waals surface area (Å²) in [5.41, 5.74) is 4.21. The Morgan fingerprint density at radius 2 is 1.78 bits per heavy atom. The van der Waals surface area contributed by atoms with E-state index < -0.39 is 0 Å². The van der Waals surface area contributed by atoms with Crippen molar-refractivity contribution in [3.05, 3.63) is 106 Å². The van der Waals surface area contributed by atoms with Crippen LogP contribution in [0.2, 0.25) is 0 Å². The Morgan fingerprint density at radius 3 is 2.53 bits per heavy atom. The number of carbonyl (C=O) groups excluding carboxylic acids is 1. The zero-order valence-corrected chi connectivity index (χ0v) is 20.9. The molecule has 0 bridgehead atoms. The highest BCUT2D eigenvalue weighted by atomic mass is 32.2. The average molecular weight is 517 g/mol. The molecule has 0 saturated carbocycles. The highest BCUT2D eigenvalue weighted by Gasteiger charge is 2.18. The predicted molar refractivity (Wildman–Crippen MR) is 139 cm³/mol. The van der Waals surface area contributed by atoms with Crippen LogP contribution in [-0.4, -0.2) is 30.6 Å². The number of amides is 1. The molecule has 0 saturated heterocycles. The highest BCUT2D eigenvalue weighted by molar-refractivity contribution is 7.98. The van der Waals surface area contributed by atoms with Gasteiger partial charge in [-0.1, -0.05) is 41.6 Å². The van der Waals surface area contributed by atoms with Crippen LogP contribution in [0.15, 0.2) is 83.6 Å². The molecule has 3 heterocycles. The van der Waals surface area contributed by atoms with Gasteiger partial charge in [-0.2, -0.15) is 0 Å². The summed E-state index contributed by atoms with van der Waals surface area (Å²) >= 11 is 2.93. The minimum absolute atomic E-state index is 0.269. The predicted octanol–water partition coefficient (Wildman–Crippen LogP) is 5.46. The van der Waals surface area contributed by atoms with E-state index in [2.05, 4.69) is 37.6 Å². The van der Waals surface area contributed by atoms with E-state index >= 15 is 0 Å². The Labute approximate surface area is 215 Å². The Morgan fingerprint density at radius 1 is 1.03 bits per heavy atom. The summed E-state index contributed by atoms with van der Waals surface area (Å²) in [4.78, 5) is 21.1. The van der Waals surface area contributed by atoms with Crippen LogP contribution in [0.5, 0.6) is 0 Å². The number of nitrogens with one attached hydrogen (secondary N) is 1. The van der Waals surface area contributed by atoms with Gasteiger partial charge in [-0.3, -0.25) is 14.3 Å². The Kier molecular flexibility index (Phi) is 7.15. The second-order valence-corrected chi connectivity index (χ2v) is 9.82. The molecule has 0 aliphatic heterocycles. The van der Waals surface area contributed by atoms with Gasteiger partial charge in [0, 0.05) is 35.6 Å². The van der Waals surface area contributed by atoms with E-state index in [9.17, 15) is 9.18 Å². The largest absolute Gasteiger partial charge is 0.347 e. The molecular formula is C26H21FN6OS2. The quantitative estimate of drug-likeness (QED) is 0.276. The third-order valence-electron chi connectivity index (χ3n) is 5.34. The van der Waals surface area contributed by atoms with Gasteiger partial charge in [0.25, 0.3) is 5.91 Å². The molecule has 0 atom stereocenters. The van der Waals surface area contributed by atoms with Crippen molar-refractivity contribution in [1.82, 2.24) is 30.0 Å². The summed E-state index contributed by atoms with van der Waals surface area (Å²) in [5, 5.41) is 15.0. The number of benzene rings is 2. The summed E-state index contributed by atoms with van der Waals surface area (Å²) in [7, 11) is 0. The van der Waals surface area contributed by atoms with Crippen molar-refractivity contribution >= 4 is 29.0 Å². The van der Waals surface area contributed by atoms with Crippen LogP contribution in [-0.2, 0) is 12.3 Å². The number of hydrogen-bond donors (Lipinski definition) is 1. The molecule has 10 heteroatoms. The van der Waals surface area contributed by atoms with Crippen molar-refractivity contribution < 1.29 is 9.18 Å². The third kappa shape index (κ3) is 5.50. The first-order chi connectivity index (χ1) is 17.6. The van der Waals surface area contributed by atoms with Crippen LogP contribution in [0, 0.1) is 12.7 Å². The summed E-state index contributed by atoms with van der Waals surface area (Å²) in [6, 6.07) is 18.0. The number of carbonyl (C=O) groups is 1. The van der Waals surface area contributed by atoms with Crippen molar-refractivity contribution in [2.75, 3.05) is 0 Å². The van der Waals surface area contributed by atoms with E-state index in [-0.39, 0.29) is 11.7 Å². The molecule has 1 N–H and O–H groups in total. The van der Waals surface area contributed by atoms with E-state index in [0.29, 0.717) is 18.0 Å². The molecule has 0 radical (unpaired) electrons. The lowest BCUT2D eigenvalue weighted by Gasteiger charge is -2.10. The van der Waals surface area contributed by atoms with Crippen LogP contribution >= 0.6 is 23.1 Å². The summed E-state index contributed by atoms with van der Waals surface area (Å²) < 4.78 is 15.1. The first-order valence-corrected chi connectivity index (χ1v) is 13.0. The number of rotatable bonds is 8. The fraction of sp³-hybridized carbons (Fsp3) is 0.115. The smallest absolute Gasteiger partial charge is 0.271 e. The third-order valence-corrected chi connectivity index (χ3v) is 7.31. The molecule has 0 fully saturated rings. The number of thiazole rings is 1. The molecule has 0 spiro atoms. The standard InChI is InChI=1S/C26H21FN6OS2/c1-17-2-8-21(9-3-17)33-24(19-10-12-28-13-11-19)31-32-26(33)36-16-23-30-22(15-35-23)25(34)29-14-18-4-6-20(27)7-5-18/h2-13,15H,14,16H2,1H3,(H,29,34). The molecule has 5 rings (SSSR count). The maximum atomic E-state index is 13.1. The minimum atomic E-state index is -0.308. The van der Waals surface area contributed by atoms with Gasteiger partial charge in [0.05, 0.1) is 5.75 Å². The first kappa shape index (κ1) is 23.8. The number of thioether (sulfide) groups is 1. The normalized spacial score (nSPS) is 10.9. The Balaban J connectivity index is 1.30. The van der Waals surface area contributed by atoms with Gasteiger partial charge in [0.2, 0.25) is 0 Å². The van der Waals surface area contributed by atoms with Crippen LogP contribution in [0.4, 0.5) is 4.39 Å². The van der Waals surface area contributed by atoms with Crippen molar-refractivity contribution in [2.45, 2.75) is 24.4 Å². The van der Waals surface area contributed by atoms with E-state index in [0.717, 1.165) is 32.8 Å². The van der Waals surface area contributed by atoms with Crippen LogP contribution < -0.4 is 5.32 Å². The summed E-state index contributed by atoms with van der Waals surface area (Å²) in [6.45, 7) is 2.35. The maximum absolute atomic E-state index is 13.1. The van der Waals surface area contributed by atoms with Gasteiger partial charge in [0.15, 0.2) is 11.0 Å². The molecule has 0 aliphatic rings. The van der Waals surface area contributed by atoms with Gasteiger partial charge in [0.1, 0.15) is 16.5 Å². The minimum Gasteiger partial charge on any atom is -0.347 e. The first-order valence-electron chi connectivity index (χ1n) is 11.1. The molecule has 5 aromatic rings. The highest BCUT2D eigenvalue weighted by Crippen LogP contribution is 2.30. The average Bonchev–Trinajstić information content (AvgIpc) is 3.55. The Bertz CT molecular complexity index is 1470. The molecule has 1 amide bonds. The van der Waals surface area contributed by atoms with Crippen LogP contribution in [0.3, 0.4) is 0 Å². The second-order valence-electron chi connectivity index (χ2n) is 7.94. The van der Waals surface area contributed by atoms with E-state index in [1.54, 1.807) is 29.9 Å². The van der Waals surface area contributed by atoms with Gasteiger partial charge < -0.3 is 5.32 Å². The zero-order chi connectivity index (χ0) is 24.9. The number of halogens is 1. The van der Waals surface area contributed by atoms with Crippen molar-refractivity contribution in [3.8, 4) is 17.1 Å². The number of hydrogen-bond acceptors (Lipinski definition) is 7. The molecule has 0 aliphatic carbocycles. The lowest BCUT2D eigenvalue weighted by molar-refractivity contribution is 0.0946. The summed E-state index contributed by atoms with van der Waals surface area (Å²) in [5.74, 6) is 0.687. The fourth-order valence-electron chi connectivity index (χ4n) is 3.46. The van der Waals surface area contributed by atoms with Gasteiger partial charge in [-0.25, -0.2) is 9.37 Å².